The molecule has 2 aromatic heterocycles. The molecule has 1 aliphatic heterocycles. The Morgan fingerprint density at radius 3 is 2.64 bits per heavy atom. The molecule has 0 aliphatic carbocycles. The van der Waals surface area contributed by atoms with Crippen LogP contribution in [0.1, 0.15) is 42.1 Å². The monoisotopic (exact) mass is 447 g/mol. The summed E-state index contributed by atoms with van der Waals surface area (Å²) in [4.78, 5) is 11.1. The maximum atomic E-state index is 9.51. The molecule has 4 rings (SSSR count). The Morgan fingerprint density at radius 2 is 1.91 bits per heavy atom. The molecule has 2 N–H and O–H groups in total. The van der Waals surface area contributed by atoms with Gasteiger partial charge < -0.3 is 14.7 Å². The molecule has 3 aromatic rings. The fourth-order valence-electron chi connectivity index (χ4n) is 4.24. The van der Waals surface area contributed by atoms with Crippen LogP contribution in [0.25, 0.3) is 22.8 Å². The summed E-state index contributed by atoms with van der Waals surface area (Å²) in [6.45, 7) is 3.58. The predicted molar refractivity (Wildman–Crippen MR) is 123 cm³/mol. The third-order valence-corrected chi connectivity index (χ3v) is 6.27. The smallest absolute Gasteiger partial charge is 0.259 e. The molecule has 0 fully saturated rings. The number of unbranched alkanes of at least 4 members (excludes halogenated alkanes) is 1. The van der Waals surface area contributed by atoms with Gasteiger partial charge in [-0.15, -0.1) is 0 Å². The molecule has 0 saturated carbocycles. The van der Waals surface area contributed by atoms with E-state index in [1.54, 1.807) is 12.3 Å². The lowest BCUT2D eigenvalue weighted by molar-refractivity contribution is 0.0769. The van der Waals surface area contributed by atoms with Gasteiger partial charge in [0.15, 0.2) is 0 Å². The van der Waals surface area contributed by atoms with Gasteiger partial charge in [0.1, 0.15) is 6.07 Å². The SMILES string of the molecule is CCCCc1ncc(-c2nc(-c3ccc4c(c3)CCN(C(CO)CO)CC4)no2)cc1C#N. The zero-order valence-electron chi connectivity index (χ0n) is 18.9. The van der Waals surface area contributed by atoms with Crippen LogP contribution in [-0.2, 0) is 19.3 Å². The van der Waals surface area contributed by atoms with Crippen LogP contribution in [-0.4, -0.2) is 62.6 Å². The Morgan fingerprint density at radius 1 is 1.12 bits per heavy atom. The minimum atomic E-state index is -0.223. The highest BCUT2D eigenvalue weighted by Crippen LogP contribution is 2.27. The molecule has 1 aliphatic rings. The highest BCUT2D eigenvalue weighted by molar-refractivity contribution is 5.62. The molecule has 0 spiro atoms. The van der Waals surface area contributed by atoms with Crippen LogP contribution in [0.2, 0.25) is 0 Å². The highest BCUT2D eigenvalue weighted by atomic mass is 16.5. The highest BCUT2D eigenvalue weighted by Gasteiger charge is 2.21. The fourth-order valence-corrected chi connectivity index (χ4v) is 4.24. The molecule has 1 aromatic carbocycles. The molecule has 0 radical (unpaired) electrons. The van der Waals surface area contributed by atoms with Gasteiger partial charge >= 0.3 is 0 Å². The number of rotatable bonds is 8. The zero-order chi connectivity index (χ0) is 23.2. The van der Waals surface area contributed by atoms with Gasteiger partial charge in [-0.3, -0.25) is 9.88 Å². The molecule has 8 nitrogen and oxygen atoms in total. The van der Waals surface area contributed by atoms with Gasteiger partial charge in [-0.25, -0.2) is 0 Å². The van der Waals surface area contributed by atoms with E-state index in [2.05, 4.69) is 45.2 Å². The number of hydrogen-bond donors (Lipinski definition) is 2. The minimum absolute atomic E-state index is 0.0499. The first-order valence-corrected chi connectivity index (χ1v) is 11.5. The number of nitrogens with zero attached hydrogens (tertiary/aromatic N) is 5. The summed E-state index contributed by atoms with van der Waals surface area (Å²) in [7, 11) is 0. The largest absolute Gasteiger partial charge is 0.395 e. The minimum Gasteiger partial charge on any atom is -0.395 e. The molecular formula is C25H29N5O3. The zero-order valence-corrected chi connectivity index (χ0v) is 18.9. The van der Waals surface area contributed by atoms with E-state index in [0.717, 1.165) is 56.5 Å². The van der Waals surface area contributed by atoms with Crippen LogP contribution in [0.5, 0.6) is 0 Å². The predicted octanol–water partition coefficient (Wildman–Crippen LogP) is 2.77. The van der Waals surface area contributed by atoms with Gasteiger partial charge in [0.25, 0.3) is 5.89 Å². The van der Waals surface area contributed by atoms with E-state index < -0.39 is 0 Å². The Labute approximate surface area is 193 Å². The number of aliphatic hydroxyl groups is 2. The number of nitriles is 1. The van der Waals surface area contributed by atoms with E-state index in [-0.39, 0.29) is 19.3 Å². The summed E-state index contributed by atoms with van der Waals surface area (Å²) in [6, 6.07) is 9.94. The standard InChI is InChI=1S/C25H29N5O3/c1-2-3-4-23-20(13-26)12-21(14-27-23)25-28-24(29-33-25)19-6-5-17-7-9-30(22(15-31)16-32)10-8-18(17)11-19/h5-6,11-12,14,22,31-32H,2-4,7-10,15-16H2,1H3. The number of aromatic nitrogens is 3. The first-order valence-electron chi connectivity index (χ1n) is 11.5. The summed E-state index contributed by atoms with van der Waals surface area (Å²) in [6.07, 6.45) is 6.17. The molecular weight excluding hydrogens is 418 g/mol. The molecule has 8 heteroatoms. The number of aryl methyl sites for hydroxylation is 1. The Balaban J connectivity index is 1.54. The van der Waals surface area contributed by atoms with Crippen molar-refractivity contribution in [3.05, 3.63) is 52.8 Å². The van der Waals surface area contributed by atoms with Gasteiger partial charge in [-0.2, -0.15) is 10.2 Å². The average molecular weight is 448 g/mol. The number of fused-ring (bicyclic) bond motifs is 1. The second-order valence-corrected chi connectivity index (χ2v) is 8.40. The van der Waals surface area contributed by atoms with E-state index in [4.69, 9.17) is 4.52 Å². The second-order valence-electron chi connectivity index (χ2n) is 8.40. The van der Waals surface area contributed by atoms with Crippen molar-refractivity contribution in [2.45, 2.75) is 45.1 Å². The molecule has 0 bridgehead atoms. The lowest BCUT2D eigenvalue weighted by Crippen LogP contribution is -2.42. The van der Waals surface area contributed by atoms with Gasteiger partial charge in [0.05, 0.1) is 36.1 Å². The molecule has 0 unspecified atom stereocenters. The van der Waals surface area contributed by atoms with E-state index in [1.165, 1.54) is 11.1 Å². The van der Waals surface area contributed by atoms with Gasteiger partial charge in [-0.05, 0) is 48.9 Å². The summed E-state index contributed by atoms with van der Waals surface area (Å²) in [5.41, 5.74) is 5.31. The van der Waals surface area contributed by atoms with Crippen LogP contribution in [0, 0.1) is 11.3 Å². The molecule has 0 saturated heterocycles. The van der Waals surface area contributed by atoms with E-state index in [9.17, 15) is 15.5 Å². The van der Waals surface area contributed by atoms with E-state index in [0.29, 0.717) is 22.8 Å². The third kappa shape index (κ3) is 5.11. The van der Waals surface area contributed by atoms with Gasteiger partial charge in [0, 0.05) is 24.8 Å². The van der Waals surface area contributed by atoms with Crippen molar-refractivity contribution >= 4 is 0 Å². The van der Waals surface area contributed by atoms with Crippen LogP contribution < -0.4 is 0 Å². The third-order valence-electron chi connectivity index (χ3n) is 6.27. The first kappa shape index (κ1) is 23.1. The van der Waals surface area contributed by atoms with Crippen LogP contribution in [0.3, 0.4) is 0 Å². The van der Waals surface area contributed by atoms with Gasteiger partial charge in [-0.1, -0.05) is 30.6 Å². The topological polar surface area (TPSA) is 119 Å². The summed E-state index contributed by atoms with van der Waals surface area (Å²) in [5.74, 6) is 0.831. The van der Waals surface area contributed by atoms with Crippen molar-refractivity contribution in [2.75, 3.05) is 26.3 Å². The first-order chi connectivity index (χ1) is 16.2. The van der Waals surface area contributed by atoms with Crippen molar-refractivity contribution < 1.29 is 14.7 Å². The van der Waals surface area contributed by atoms with Gasteiger partial charge in [0.2, 0.25) is 5.82 Å². The van der Waals surface area contributed by atoms with E-state index in [1.807, 2.05) is 6.07 Å². The number of hydrogen-bond acceptors (Lipinski definition) is 8. The maximum Gasteiger partial charge on any atom is 0.259 e. The Hall–Kier alpha value is -3.12. The second kappa shape index (κ2) is 10.7. The van der Waals surface area contributed by atoms with Crippen LogP contribution in [0.15, 0.2) is 35.0 Å². The molecule has 0 amide bonds. The van der Waals surface area contributed by atoms with Crippen molar-refractivity contribution in [2.24, 2.45) is 0 Å². The van der Waals surface area contributed by atoms with E-state index >= 15 is 0 Å². The summed E-state index contributed by atoms with van der Waals surface area (Å²) in [5, 5.41) is 32.7. The summed E-state index contributed by atoms with van der Waals surface area (Å²) >= 11 is 0. The maximum absolute atomic E-state index is 9.51. The van der Waals surface area contributed by atoms with Crippen molar-refractivity contribution in [3.63, 3.8) is 0 Å². The number of aliphatic hydroxyl groups excluding tert-OH is 2. The average Bonchev–Trinajstić information content (AvgIpc) is 3.26. The van der Waals surface area contributed by atoms with Crippen molar-refractivity contribution in [3.8, 4) is 28.9 Å². The fraction of sp³-hybridized carbons (Fsp3) is 0.440. The number of benzene rings is 1. The molecule has 3 heterocycles. The van der Waals surface area contributed by atoms with Crippen molar-refractivity contribution in [1.82, 2.24) is 20.0 Å². The summed E-state index contributed by atoms with van der Waals surface area (Å²) < 4.78 is 5.50. The normalized spacial score (nSPS) is 14.2. The van der Waals surface area contributed by atoms with Crippen molar-refractivity contribution in [1.29, 1.82) is 5.26 Å². The number of pyridine rings is 1. The Kier molecular flexibility index (Phi) is 7.45. The lowest BCUT2D eigenvalue weighted by Gasteiger charge is -2.27. The van der Waals surface area contributed by atoms with Crippen LogP contribution >= 0.6 is 0 Å². The Bertz CT molecular complexity index is 1130. The lowest BCUT2D eigenvalue weighted by atomic mass is 10.00. The van der Waals surface area contributed by atoms with Crippen LogP contribution in [0.4, 0.5) is 0 Å². The molecule has 0 atom stereocenters. The molecule has 33 heavy (non-hydrogen) atoms. The molecule has 172 valence electrons. The quantitative estimate of drug-likeness (QED) is 0.541.